The van der Waals surface area contributed by atoms with Crippen LogP contribution in [0.5, 0.6) is 11.5 Å². The summed E-state index contributed by atoms with van der Waals surface area (Å²) >= 11 is 4.14. The second-order valence-corrected chi connectivity index (χ2v) is 8.92. The van der Waals surface area contributed by atoms with Crippen LogP contribution < -0.4 is 10.1 Å². The lowest BCUT2D eigenvalue weighted by Crippen LogP contribution is -2.64. The Bertz CT molecular complexity index is 872. The van der Waals surface area contributed by atoms with Crippen molar-refractivity contribution in [2.75, 3.05) is 25.9 Å². The standard InChI is InChI=1S/C21H26N2O4S/c1-23-6-4-21-13-2-3-15(24)20(21)27-19-16(25)8-11(9-17(26)22-5-7-28)12(18(19)21)10-14(13)23/h2-3,8,13-15,20,24-25,28H,4-7,9-10H2,1H3,(H,22,26)/t13-,14+,15-,20-,21-/m0/s1. The van der Waals surface area contributed by atoms with Gasteiger partial charge < -0.3 is 25.2 Å². The lowest BCUT2D eigenvalue weighted by Gasteiger charge is -2.56. The molecule has 1 saturated heterocycles. The molecule has 2 aliphatic heterocycles. The number of carbonyl (C=O) groups is 1. The number of thiol groups is 1. The number of likely N-dealkylation sites (N-methyl/N-ethyl adjacent to an activating group) is 1. The fourth-order valence-corrected chi connectivity index (χ4v) is 6.10. The minimum Gasteiger partial charge on any atom is -0.504 e. The summed E-state index contributed by atoms with van der Waals surface area (Å²) in [6.07, 6.45) is 4.82. The van der Waals surface area contributed by atoms with Crippen molar-refractivity contribution in [2.45, 2.75) is 42.9 Å². The average Bonchev–Trinajstić information content (AvgIpc) is 3.02. The van der Waals surface area contributed by atoms with Gasteiger partial charge in [-0.2, -0.15) is 12.6 Å². The fourth-order valence-electron chi connectivity index (χ4n) is 5.99. The Morgan fingerprint density at radius 2 is 2.29 bits per heavy atom. The third-order valence-corrected chi connectivity index (χ3v) is 7.38. The van der Waals surface area contributed by atoms with Crippen LogP contribution in [0.25, 0.3) is 0 Å². The molecular weight excluding hydrogens is 376 g/mol. The number of likely N-dealkylation sites (tertiary alicyclic amines) is 1. The first-order chi connectivity index (χ1) is 13.5. The van der Waals surface area contributed by atoms with Crippen molar-refractivity contribution in [3.05, 3.63) is 34.9 Å². The number of piperidine rings is 1. The van der Waals surface area contributed by atoms with E-state index in [0.717, 1.165) is 36.1 Å². The van der Waals surface area contributed by atoms with Crippen molar-refractivity contribution >= 4 is 18.5 Å². The molecule has 6 nitrogen and oxygen atoms in total. The van der Waals surface area contributed by atoms with Crippen LogP contribution in [0, 0.1) is 5.92 Å². The van der Waals surface area contributed by atoms with Gasteiger partial charge >= 0.3 is 0 Å². The number of carbonyl (C=O) groups excluding carboxylic acids is 1. The van der Waals surface area contributed by atoms with Gasteiger partial charge in [0.1, 0.15) is 12.2 Å². The number of rotatable bonds is 4. The molecule has 1 amide bonds. The van der Waals surface area contributed by atoms with Crippen molar-refractivity contribution < 1.29 is 19.7 Å². The molecular formula is C21H26N2O4S. The maximum absolute atomic E-state index is 12.4. The number of nitrogens with one attached hydrogen (secondary N) is 1. The van der Waals surface area contributed by atoms with Gasteiger partial charge in [-0.15, -0.1) is 0 Å². The van der Waals surface area contributed by atoms with E-state index in [1.807, 2.05) is 6.08 Å². The monoisotopic (exact) mass is 402 g/mol. The lowest BCUT2D eigenvalue weighted by molar-refractivity contribution is -0.120. The molecule has 1 aromatic rings. The van der Waals surface area contributed by atoms with Gasteiger partial charge in [-0.3, -0.25) is 4.79 Å². The zero-order valence-corrected chi connectivity index (χ0v) is 16.8. The largest absolute Gasteiger partial charge is 0.504 e. The topological polar surface area (TPSA) is 82.0 Å². The molecule has 7 heteroatoms. The van der Waals surface area contributed by atoms with Crippen molar-refractivity contribution in [1.29, 1.82) is 0 Å². The number of aromatic hydroxyl groups is 1. The Hall–Kier alpha value is -1.70. The Morgan fingerprint density at radius 3 is 3.07 bits per heavy atom. The number of nitrogens with zero attached hydrogens (tertiary/aromatic N) is 1. The summed E-state index contributed by atoms with van der Waals surface area (Å²) in [5, 5.41) is 24.3. The Kier molecular flexibility index (Phi) is 4.19. The average molecular weight is 403 g/mol. The van der Waals surface area contributed by atoms with Crippen molar-refractivity contribution in [2.24, 2.45) is 5.92 Å². The quantitative estimate of drug-likeness (QED) is 0.442. The van der Waals surface area contributed by atoms with Crippen LogP contribution in [0.3, 0.4) is 0 Å². The molecule has 28 heavy (non-hydrogen) atoms. The maximum atomic E-state index is 12.4. The molecule has 1 spiro atoms. The molecule has 0 saturated carbocycles. The van der Waals surface area contributed by atoms with Gasteiger partial charge in [-0.05, 0) is 43.6 Å². The molecule has 0 aromatic heterocycles. The van der Waals surface area contributed by atoms with E-state index in [1.54, 1.807) is 6.07 Å². The van der Waals surface area contributed by atoms with E-state index in [9.17, 15) is 15.0 Å². The van der Waals surface area contributed by atoms with E-state index < -0.39 is 6.10 Å². The van der Waals surface area contributed by atoms with Gasteiger partial charge in [0.2, 0.25) is 5.91 Å². The second kappa shape index (κ2) is 6.40. The number of hydrogen-bond donors (Lipinski definition) is 4. The summed E-state index contributed by atoms with van der Waals surface area (Å²) in [5.41, 5.74) is 2.68. The van der Waals surface area contributed by atoms with Gasteiger partial charge in [-0.25, -0.2) is 0 Å². The van der Waals surface area contributed by atoms with Gasteiger partial charge in [0.15, 0.2) is 11.5 Å². The number of aliphatic hydroxyl groups excluding tert-OH is 1. The van der Waals surface area contributed by atoms with Crippen LogP contribution in [0.15, 0.2) is 18.2 Å². The first-order valence-electron chi connectivity index (χ1n) is 9.96. The molecule has 3 N–H and O–H groups in total. The number of benzene rings is 1. The molecule has 4 aliphatic rings. The lowest BCUT2D eigenvalue weighted by atomic mass is 9.53. The molecule has 0 unspecified atom stereocenters. The third-order valence-electron chi connectivity index (χ3n) is 7.16. The highest BCUT2D eigenvalue weighted by Gasteiger charge is 2.64. The van der Waals surface area contributed by atoms with Crippen LogP contribution in [-0.2, 0) is 23.1 Å². The predicted octanol–water partition coefficient (Wildman–Crippen LogP) is 0.787. The van der Waals surface area contributed by atoms with Crippen LogP contribution in [-0.4, -0.2) is 65.2 Å². The summed E-state index contributed by atoms with van der Waals surface area (Å²) < 4.78 is 6.20. The van der Waals surface area contributed by atoms with Gasteiger partial charge in [-0.1, -0.05) is 12.2 Å². The minimum atomic E-state index is -0.694. The number of aliphatic hydroxyl groups is 1. The first kappa shape index (κ1) is 18.3. The van der Waals surface area contributed by atoms with Crippen molar-refractivity contribution in [3.63, 3.8) is 0 Å². The summed E-state index contributed by atoms with van der Waals surface area (Å²) in [7, 11) is 2.15. The van der Waals surface area contributed by atoms with E-state index in [-0.39, 0.29) is 35.5 Å². The van der Waals surface area contributed by atoms with E-state index in [0.29, 0.717) is 24.1 Å². The smallest absolute Gasteiger partial charge is 0.224 e. The van der Waals surface area contributed by atoms with Crippen LogP contribution >= 0.6 is 12.6 Å². The molecule has 2 aliphatic carbocycles. The van der Waals surface area contributed by atoms with Gasteiger partial charge in [0.05, 0.1) is 6.42 Å². The van der Waals surface area contributed by atoms with Crippen molar-refractivity contribution in [3.8, 4) is 11.5 Å². The first-order valence-corrected chi connectivity index (χ1v) is 10.6. The molecule has 2 bridgehead atoms. The third kappa shape index (κ3) is 2.33. The Labute approximate surface area is 170 Å². The summed E-state index contributed by atoms with van der Waals surface area (Å²) in [6, 6.07) is 1.98. The van der Waals surface area contributed by atoms with Crippen LogP contribution in [0.1, 0.15) is 23.1 Å². The number of phenolic OH excluding ortho intramolecular Hbond substituents is 1. The Balaban J connectivity index is 1.66. The fraction of sp³-hybridized carbons (Fsp3) is 0.571. The highest BCUT2D eigenvalue weighted by molar-refractivity contribution is 7.80. The van der Waals surface area contributed by atoms with E-state index >= 15 is 0 Å². The van der Waals surface area contributed by atoms with Crippen LogP contribution in [0.2, 0.25) is 0 Å². The number of phenols is 1. The molecule has 150 valence electrons. The Morgan fingerprint density at radius 1 is 1.46 bits per heavy atom. The number of ether oxygens (including phenoxy) is 1. The van der Waals surface area contributed by atoms with Gasteiger partial charge in [0.25, 0.3) is 0 Å². The molecule has 1 aromatic carbocycles. The molecule has 5 rings (SSSR count). The maximum Gasteiger partial charge on any atom is 0.224 e. The second-order valence-electron chi connectivity index (χ2n) is 8.47. The van der Waals surface area contributed by atoms with Gasteiger partial charge in [0, 0.05) is 35.2 Å². The zero-order valence-electron chi connectivity index (χ0n) is 15.9. The highest BCUT2D eigenvalue weighted by atomic mass is 32.1. The number of amides is 1. The molecule has 1 fully saturated rings. The number of hydrogen-bond acceptors (Lipinski definition) is 6. The van der Waals surface area contributed by atoms with E-state index in [2.05, 4.69) is 36.0 Å². The molecule has 5 atom stereocenters. The van der Waals surface area contributed by atoms with E-state index in [1.165, 1.54) is 0 Å². The SMILES string of the molecule is CN1CC[C@]23c4c5c(CC(=O)NCCS)cc(O)c4O[C@H]2[C@@H](O)C=C[C@H]3[C@H]1C5. The predicted molar refractivity (Wildman–Crippen MR) is 108 cm³/mol. The van der Waals surface area contributed by atoms with Crippen LogP contribution in [0.4, 0.5) is 0 Å². The summed E-state index contributed by atoms with van der Waals surface area (Å²) in [6.45, 7) is 1.45. The van der Waals surface area contributed by atoms with E-state index in [4.69, 9.17) is 4.74 Å². The summed E-state index contributed by atoms with van der Waals surface area (Å²) in [5.74, 6) is 1.34. The molecule has 0 radical (unpaired) electrons. The highest BCUT2D eigenvalue weighted by Crippen LogP contribution is 2.62. The minimum absolute atomic E-state index is 0.0678. The molecule has 2 heterocycles. The zero-order chi connectivity index (χ0) is 19.6. The normalized spacial score (nSPS) is 34.7. The van der Waals surface area contributed by atoms with Crippen molar-refractivity contribution in [1.82, 2.24) is 10.2 Å². The summed E-state index contributed by atoms with van der Waals surface area (Å²) in [4.78, 5) is 14.8.